The Kier molecular flexibility index (Phi) is 1.79. The molecule has 2 heterocycles. The minimum absolute atomic E-state index is 0.765. The molecule has 0 unspecified atom stereocenters. The van der Waals surface area contributed by atoms with Crippen LogP contribution in [0.4, 0.5) is 0 Å². The second kappa shape index (κ2) is 3.14. The van der Waals surface area contributed by atoms with Gasteiger partial charge in [-0.1, -0.05) is 6.07 Å². The third kappa shape index (κ3) is 1.24. The minimum atomic E-state index is 0.765. The first kappa shape index (κ1) is 8.56. The number of aldehydes is 1. The van der Waals surface area contributed by atoms with Gasteiger partial charge in [-0.2, -0.15) is 0 Å². The molecule has 0 fully saturated rings. The van der Waals surface area contributed by atoms with Gasteiger partial charge in [0.15, 0.2) is 6.29 Å². The first-order valence-corrected chi connectivity index (χ1v) is 5.42. The lowest BCUT2D eigenvalue weighted by Gasteiger charge is -1.96. The molecule has 0 bridgehead atoms. The third-order valence-corrected chi connectivity index (χ3v) is 3.44. The molecule has 0 saturated carbocycles. The van der Waals surface area contributed by atoms with Crippen LogP contribution >= 0.6 is 11.3 Å². The van der Waals surface area contributed by atoms with Gasteiger partial charge in [-0.25, -0.2) is 0 Å². The van der Waals surface area contributed by atoms with Crippen molar-refractivity contribution in [1.82, 2.24) is 4.98 Å². The number of hydrogen-bond acceptors (Lipinski definition) is 3. The fraction of sp³-hybridized carbons (Fsp3) is 0. The summed E-state index contributed by atoms with van der Waals surface area (Å²) in [6.45, 7) is 0. The molecule has 0 aliphatic heterocycles. The van der Waals surface area contributed by atoms with E-state index in [0.717, 1.165) is 32.2 Å². The van der Waals surface area contributed by atoms with Gasteiger partial charge in [-0.15, -0.1) is 11.3 Å². The quantitative estimate of drug-likeness (QED) is 0.581. The molecule has 0 aliphatic rings. The van der Waals surface area contributed by atoms with E-state index in [1.807, 2.05) is 30.3 Å². The smallest absolute Gasteiger partial charge is 0.160 e. The molecule has 3 rings (SSSR count). The lowest BCUT2D eigenvalue weighted by molar-refractivity contribution is 0.112. The van der Waals surface area contributed by atoms with Gasteiger partial charge in [0, 0.05) is 21.7 Å². The van der Waals surface area contributed by atoms with Crippen molar-refractivity contribution in [2.24, 2.45) is 0 Å². The first-order chi connectivity index (χ1) is 7.38. The van der Waals surface area contributed by atoms with Gasteiger partial charge in [-0.05, 0) is 24.3 Å². The number of rotatable bonds is 1. The minimum Gasteiger partial charge on any atom is -0.297 e. The summed E-state index contributed by atoms with van der Waals surface area (Å²) in [5.74, 6) is 0. The Balaban J connectivity index is 2.52. The largest absolute Gasteiger partial charge is 0.297 e. The fourth-order valence-corrected chi connectivity index (χ4v) is 2.64. The zero-order valence-electron chi connectivity index (χ0n) is 7.81. The Morgan fingerprint density at radius 3 is 3.00 bits per heavy atom. The molecule has 0 aliphatic carbocycles. The normalized spacial score (nSPS) is 10.9. The Morgan fingerprint density at radius 2 is 2.13 bits per heavy atom. The summed E-state index contributed by atoms with van der Waals surface area (Å²) in [6.07, 6.45) is 2.67. The van der Waals surface area contributed by atoms with Crippen LogP contribution in [-0.2, 0) is 0 Å². The summed E-state index contributed by atoms with van der Waals surface area (Å²) in [6, 6.07) is 9.88. The molecule has 0 amide bonds. The number of thiophene rings is 1. The number of pyridine rings is 1. The van der Waals surface area contributed by atoms with Gasteiger partial charge in [0.25, 0.3) is 0 Å². The number of aromatic nitrogens is 1. The van der Waals surface area contributed by atoms with E-state index in [1.165, 1.54) is 11.3 Å². The highest BCUT2D eigenvalue weighted by atomic mass is 32.1. The van der Waals surface area contributed by atoms with Gasteiger partial charge in [-0.3, -0.25) is 9.78 Å². The van der Waals surface area contributed by atoms with E-state index in [1.54, 1.807) is 6.20 Å². The van der Waals surface area contributed by atoms with E-state index < -0.39 is 0 Å². The highest BCUT2D eigenvalue weighted by Gasteiger charge is 2.04. The van der Waals surface area contributed by atoms with Gasteiger partial charge >= 0.3 is 0 Å². The maximum atomic E-state index is 10.7. The average Bonchev–Trinajstić information content (AvgIpc) is 2.72. The predicted molar refractivity (Wildman–Crippen MR) is 62.5 cm³/mol. The maximum absolute atomic E-state index is 10.7. The highest BCUT2D eigenvalue weighted by molar-refractivity contribution is 7.20. The van der Waals surface area contributed by atoms with Crippen LogP contribution < -0.4 is 0 Å². The van der Waals surface area contributed by atoms with Crippen LogP contribution in [0.5, 0.6) is 0 Å². The summed E-state index contributed by atoms with van der Waals surface area (Å²) in [4.78, 5) is 15.8. The van der Waals surface area contributed by atoms with E-state index in [2.05, 4.69) is 4.98 Å². The van der Waals surface area contributed by atoms with Crippen molar-refractivity contribution in [3.63, 3.8) is 0 Å². The van der Waals surface area contributed by atoms with E-state index in [0.29, 0.717) is 0 Å². The molecule has 2 nitrogen and oxygen atoms in total. The Labute approximate surface area is 90.2 Å². The second-order valence-corrected chi connectivity index (χ2v) is 4.43. The Bertz CT molecular complexity index is 657. The number of fused-ring (bicyclic) bond motifs is 3. The number of carbonyl (C=O) groups is 1. The van der Waals surface area contributed by atoms with Crippen LogP contribution in [-0.4, -0.2) is 11.3 Å². The summed E-state index contributed by atoms with van der Waals surface area (Å²) in [5, 5.41) is 2.23. The van der Waals surface area contributed by atoms with Crippen molar-refractivity contribution < 1.29 is 4.79 Å². The molecule has 0 spiro atoms. The van der Waals surface area contributed by atoms with Crippen LogP contribution in [0.1, 0.15) is 9.67 Å². The molecule has 3 aromatic rings. The van der Waals surface area contributed by atoms with Crippen LogP contribution in [0.3, 0.4) is 0 Å². The molecular formula is C12H7NOS. The molecule has 0 saturated heterocycles. The summed E-state index contributed by atoms with van der Waals surface area (Å²) in [5.41, 5.74) is 0.972. The molecular weight excluding hydrogens is 206 g/mol. The summed E-state index contributed by atoms with van der Waals surface area (Å²) < 4.78 is 1.14. The molecule has 2 aromatic heterocycles. The van der Waals surface area contributed by atoms with Crippen molar-refractivity contribution in [3.8, 4) is 0 Å². The Hall–Kier alpha value is -1.74. The maximum Gasteiger partial charge on any atom is 0.160 e. The predicted octanol–water partition coefficient (Wildman–Crippen LogP) is 3.26. The highest BCUT2D eigenvalue weighted by Crippen LogP contribution is 2.30. The average molecular weight is 213 g/mol. The summed E-state index contributed by atoms with van der Waals surface area (Å²) >= 11 is 1.52. The van der Waals surface area contributed by atoms with Crippen molar-refractivity contribution in [2.75, 3.05) is 0 Å². The van der Waals surface area contributed by atoms with Crippen LogP contribution in [0.25, 0.3) is 21.0 Å². The van der Waals surface area contributed by atoms with Crippen molar-refractivity contribution in [2.45, 2.75) is 0 Å². The number of nitrogens with zero attached hydrogens (tertiary/aromatic N) is 1. The number of carbonyl (C=O) groups excluding carboxylic acids is 1. The molecule has 0 radical (unpaired) electrons. The zero-order valence-corrected chi connectivity index (χ0v) is 8.62. The SMILES string of the molecule is O=Cc1cc2c(ccc3ncccc32)s1. The monoisotopic (exact) mass is 213 g/mol. The van der Waals surface area contributed by atoms with Crippen molar-refractivity contribution >= 4 is 38.6 Å². The van der Waals surface area contributed by atoms with Gasteiger partial charge < -0.3 is 0 Å². The van der Waals surface area contributed by atoms with Gasteiger partial charge in [0.2, 0.25) is 0 Å². The van der Waals surface area contributed by atoms with Crippen molar-refractivity contribution in [1.29, 1.82) is 0 Å². The zero-order chi connectivity index (χ0) is 10.3. The lowest BCUT2D eigenvalue weighted by Crippen LogP contribution is -1.76. The lowest BCUT2D eigenvalue weighted by atomic mass is 10.1. The van der Waals surface area contributed by atoms with Gasteiger partial charge in [0.1, 0.15) is 0 Å². The van der Waals surface area contributed by atoms with Crippen LogP contribution in [0.15, 0.2) is 36.5 Å². The van der Waals surface area contributed by atoms with Crippen LogP contribution in [0.2, 0.25) is 0 Å². The Morgan fingerprint density at radius 1 is 1.20 bits per heavy atom. The topological polar surface area (TPSA) is 30.0 Å². The van der Waals surface area contributed by atoms with Gasteiger partial charge in [0.05, 0.1) is 10.4 Å². The van der Waals surface area contributed by atoms with Crippen molar-refractivity contribution in [3.05, 3.63) is 41.4 Å². The van der Waals surface area contributed by atoms with E-state index in [4.69, 9.17) is 0 Å². The van der Waals surface area contributed by atoms with E-state index in [-0.39, 0.29) is 0 Å². The standard InChI is InChI=1S/C12H7NOS/c14-7-8-6-10-9-2-1-5-13-11(9)3-4-12(10)15-8/h1-7H. The third-order valence-electron chi connectivity index (χ3n) is 2.42. The first-order valence-electron chi connectivity index (χ1n) is 4.61. The molecule has 72 valence electrons. The molecule has 3 heteroatoms. The fourth-order valence-electron chi connectivity index (χ4n) is 1.75. The second-order valence-electron chi connectivity index (χ2n) is 3.31. The number of hydrogen-bond donors (Lipinski definition) is 0. The van der Waals surface area contributed by atoms with Crippen LogP contribution in [0, 0.1) is 0 Å². The van der Waals surface area contributed by atoms with E-state index >= 15 is 0 Å². The summed E-state index contributed by atoms with van der Waals surface area (Å²) in [7, 11) is 0. The molecule has 0 atom stereocenters. The molecule has 1 aromatic carbocycles. The van der Waals surface area contributed by atoms with E-state index in [9.17, 15) is 4.79 Å². The molecule has 15 heavy (non-hydrogen) atoms. The molecule has 0 N–H and O–H groups in total. The number of benzene rings is 1.